The average Bonchev–Trinajstić information content (AvgIpc) is 2.03. The van der Waals surface area contributed by atoms with Crippen LogP contribution in [0.15, 0.2) is 0 Å². The third kappa shape index (κ3) is 7.32. The first-order valence-electron chi connectivity index (χ1n) is 4.11. The summed E-state index contributed by atoms with van der Waals surface area (Å²) in [6.45, 7) is 2.20. The minimum Gasteiger partial charge on any atom is -0.394 e. The smallest absolute Gasteiger partial charge is 0.296 e. The zero-order chi connectivity index (χ0) is 10.3. The topological polar surface area (TPSA) is 52.6 Å². The molecule has 1 amide bonds. The van der Waals surface area contributed by atoms with Crippen LogP contribution in [0.1, 0.15) is 6.92 Å². The van der Waals surface area contributed by atoms with Gasteiger partial charge in [0.15, 0.2) is 0 Å². The van der Waals surface area contributed by atoms with Gasteiger partial charge in [-0.15, -0.1) is 0 Å². The Balaban J connectivity index is 3.77. The van der Waals surface area contributed by atoms with Gasteiger partial charge in [0.25, 0.3) is 5.91 Å². The Morgan fingerprint density at radius 2 is 2.23 bits per heavy atom. The van der Waals surface area contributed by atoms with E-state index in [0.29, 0.717) is 6.54 Å². The average molecular weight is 184 g/mol. The van der Waals surface area contributed by atoms with Crippen molar-refractivity contribution < 1.29 is 9.90 Å². The van der Waals surface area contributed by atoms with Gasteiger partial charge < -0.3 is 10.4 Å². The molecule has 0 radical (unpaired) electrons. The van der Waals surface area contributed by atoms with E-state index in [4.69, 9.17) is 5.11 Å². The maximum absolute atomic E-state index is 11.0. The zero-order valence-electron chi connectivity index (χ0n) is 8.29. The molecular formula is C9H16N2O2. The third-order valence-corrected chi connectivity index (χ3v) is 1.25. The van der Waals surface area contributed by atoms with Crippen molar-refractivity contribution in [2.24, 2.45) is 0 Å². The van der Waals surface area contributed by atoms with Crippen molar-refractivity contribution in [3.05, 3.63) is 0 Å². The Morgan fingerprint density at radius 1 is 1.62 bits per heavy atom. The van der Waals surface area contributed by atoms with Gasteiger partial charge in [0.2, 0.25) is 0 Å². The van der Waals surface area contributed by atoms with E-state index in [1.807, 2.05) is 19.0 Å². The van der Waals surface area contributed by atoms with Crippen LogP contribution in [0.4, 0.5) is 0 Å². The van der Waals surface area contributed by atoms with E-state index in [2.05, 4.69) is 17.2 Å². The van der Waals surface area contributed by atoms with Gasteiger partial charge in [-0.05, 0) is 26.9 Å². The first kappa shape index (κ1) is 11.9. The molecule has 0 bridgehead atoms. The highest BCUT2D eigenvalue weighted by molar-refractivity contribution is 5.93. The first-order chi connectivity index (χ1) is 6.06. The summed E-state index contributed by atoms with van der Waals surface area (Å²) in [5, 5.41) is 11.1. The molecule has 0 aromatic carbocycles. The van der Waals surface area contributed by atoms with Gasteiger partial charge in [0.05, 0.1) is 19.2 Å². The van der Waals surface area contributed by atoms with Crippen LogP contribution in [0.3, 0.4) is 0 Å². The second-order valence-electron chi connectivity index (χ2n) is 3.10. The molecule has 0 aliphatic carbocycles. The molecule has 4 nitrogen and oxygen atoms in total. The molecule has 0 saturated carbocycles. The molecule has 0 fully saturated rings. The molecule has 0 aromatic rings. The lowest BCUT2D eigenvalue weighted by atomic mass is 10.3. The molecule has 0 unspecified atom stereocenters. The van der Waals surface area contributed by atoms with E-state index in [1.165, 1.54) is 0 Å². The normalized spacial score (nSPS) is 11.8. The molecule has 0 aromatic heterocycles. The predicted octanol–water partition coefficient (Wildman–Crippen LogP) is -0.952. The lowest BCUT2D eigenvalue weighted by Crippen LogP contribution is -2.34. The van der Waals surface area contributed by atoms with Crippen molar-refractivity contribution in [3.63, 3.8) is 0 Å². The highest BCUT2D eigenvalue weighted by Gasteiger charge is 2.01. The van der Waals surface area contributed by atoms with Crippen LogP contribution in [0.5, 0.6) is 0 Å². The largest absolute Gasteiger partial charge is 0.394 e. The summed E-state index contributed by atoms with van der Waals surface area (Å²) >= 11 is 0. The summed E-state index contributed by atoms with van der Waals surface area (Å²) in [5.74, 6) is 4.78. The maximum Gasteiger partial charge on any atom is 0.296 e. The standard InChI is InChI=1S/C9H16N2O2/c1-8(7-12)10-9(13)5-4-6-11(2)3/h8,12H,6-7H2,1-3H3,(H,10,13)/t8-/m0/s1. The summed E-state index contributed by atoms with van der Waals surface area (Å²) in [4.78, 5) is 12.9. The first-order valence-corrected chi connectivity index (χ1v) is 4.11. The van der Waals surface area contributed by atoms with Gasteiger partial charge in [0.1, 0.15) is 0 Å². The van der Waals surface area contributed by atoms with Crippen LogP contribution in [-0.4, -0.2) is 49.2 Å². The fourth-order valence-electron chi connectivity index (χ4n) is 0.583. The van der Waals surface area contributed by atoms with Crippen molar-refractivity contribution in [1.29, 1.82) is 0 Å². The summed E-state index contributed by atoms with van der Waals surface area (Å²) in [6, 6.07) is -0.235. The predicted molar refractivity (Wildman–Crippen MR) is 51.0 cm³/mol. The van der Waals surface area contributed by atoms with Gasteiger partial charge in [-0.2, -0.15) is 0 Å². The molecule has 0 saturated heterocycles. The van der Waals surface area contributed by atoms with E-state index in [-0.39, 0.29) is 18.6 Å². The van der Waals surface area contributed by atoms with E-state index in [0.717, 1.165) is 0 Å². The Morgan fingerprint density at radius 3 is 2.69 bits per heavy atom. The molecule has 4 heteroatoms. The molecule has 0 aliphatic rings. The summed E-state index contributed by atoms with van der Waals surface area (Å²) in [7, 11) is 3.76. The summed E-state index contributed by atoms with van der Waals surface area (Å²) in [6.07, 6.45) is 0. The monoisotopic (exact) mass is 184 g/mol. The number of aliphatic hydroxyl groups is 1. The number of nitrogens with zero attached hydrogens (tertiary/aromatic N) is 1. The van der Waals surface area contributed by atoms with Gasteiger partial charge >= 0.3 is 0 Å². The highest BCUT2D eigenvalue weighted by atomic mass is 16.3. The van der Waals surface area contributed by atoms with E-state index < -0.39 is 0 Å². The van der Waals surface area contributed by atoms with E-state index in [1.54, 1.807) is 6.92 Å². The van der Waals surface area contributed by atoms with Crippen molar-refractivity contribution in [1.82, 2.24) is 10.2 Å². The van der Waals surface area contributed by atoms with Gasteiger partial charge in [0, 0.05) is 0 Å². The molecule has 0 spiro atoms. The van der Waals surface area contributed by atoms with Crippen molar-refractivity contribution in [2.45, 2.75) is 13.0 Å². The van der Waals surface area contributed by atoms with Crippen molar-refractivity contribution >= 4 is 5.91 Å². The zero-order valence-corrected chi connectivity index (χ0v) is 8.29. The summed E-state index contributed by atoms with van der Waals surface area (Å²) in [5.41, 5.74) is 0. The minimum atomic E-state index is -0.344. The molecule has 0 aliphatic heterocycles. The highest BCUT2D eigenvalue weighted by Crippen LogP contribution is 1.77. The molecule has 0 heterocycles. The van der Waals surface area contributed by atoms with Crippen molar-refractivity contribution in [3.8, 4) is 11.8 Å². The number of nitrogens with one attached hydrogen (secondary N) is 1. The fraction of sp³-hybridized carbons (Fsp3) is 0.667. The SMILES string of the molecule is C[C@@H](CO)NC(=O)C#CCN(C)C. The second kappa shape index (κ2) is 6.46. The Hall–Kier alpha value is -1.05. The molecule has 1 atom stereocenters. The maximum atomic E-state index is 11.0. The van der Waals surface area contributed by atoms with Crippen LogP contribution in [-0.2, 0) is 4.79 Å². The van der Waals surface area contributed by atoms with Crippen LogP contribution < -0.4 is 5.32 Å². The number of amides is 1. The fourth-order valence-corrected chi connectivity index (χ4v) is 0.583. The van der Waals surface area contributed by atoms with Crippen molar-refractivity contribution in [2.75, 3.05) is 27.2 Å². The lowest BCUT2D eigenvalue weighted by molar-refractivity contribution is -0.116. The number of rotatable bonds is 3. The van der Waals surface area contributed by atoms with Crippen LogP contribution in [0, 0.1) is 11.8 Å². The molecular weight excluding hydrogens is 168 g/mol. The van der Waals surface area contributed by atoms with E-state index in [9.17, 15) is 4.79 Å². The Bertz CT molecular complexity index is 215. The number of aliphatic hydroxyl groups excluding tert-OH is 1. The van der Waals surface area contributed by atoms with Gasteiger partial charge in [-0.25, -0.2) is 0 Å². The third-order valence-electron chi connectivity index (χ3n) is 1.25. The van der Waals surface area contributed by atoms with Gasteiger partial charge in [-0.3, -0.25) is 9.69 Å². The summed E-state index contributed by atoms with van der Waals surface area (Å²) < 4.78 is 0. The Kier molecular flexibility index (Phi) is 5.94. The van der Waals surface area contributed by atoms with E-state index >= 15 is 0 Å². The van der Waals surface area contributed by atoms with Crippen LogP contribution >= 0.6 is 0 Å². The quantitative estimate of drug-likeness (QED) is 0.556. The minimum absolute atomic E-state index is 0.0684. The van der Waals surface area contributed by atoms with Crippen LogP contribution in [0.2, 0.25) is 0 Å². The molecule has 0 rings (SSSR count). The Labute approximate surface area is 78.9 Å². The number of carbonyl (C=O) groups is 1. The molecule has 2 N–H and O–H groups in total. The molecule has 13 heavy (non-hydrogen) atoms. The van der Waals surface area contributed by atoms with Gasteiger partial charge in [-0.1, -0.05) is 5.92 Å². The second-order valence-corrected chi connectivity index (χ2v) is 3.10. The number of hydrogen-bond acceptors (Lipinski definition) is 3. The number of hydrogen-bond donors (Lipinski definition) is 2. The number of carbonyl (C=O) groups excluding carboxylic acids is 1. The van der Waals surface area contributed by atoms with Crippen LogP contribution in [0.25, 0.3) is 0 Å². The molecule has 74 valence electrons. The lowest BCUT2D eigenvalue weighted by Gasteiger charge is -2.06.